The molecule has 1 aliphatic rings. The number of carbonyl (C=O) groups excluding carboxylic acids is 2. The van der Waals surface area contributed by atoms with Crippen LogP contribution in [0.2, 0.25) is 0 Å². The first-order chi connectivity index (χ1) is 12.0. The molecule has 3 rings (SSSR count). The molecule has 132 valence electrons. The summed E-state index contributed by atoms with van der Waals surface area (Å²) in [4.78, 5) is 28.6. The van der Waals surface area contributed by atoms with Crippen LogP contribution in [-0.2, 0) is 29.0 Å². The fourth-order valence-electron chi connectivity index (χ4n) is 3.15. The molecule has 2 heterocycles. The molecule has 1 aromatic carbocycles. The molecule has 0 fully saturated rings. The van der Waals surface area contributed by atoms with Gasteiger partial charge in [-0.1, -0.05) is 44.2 Å². The highest BCUT2D eigenvalue weighted by atomic mass is 32.1. The van der Waals surface area contributed by atoms with Crippen LogP contribution in [0.1, 0.15) is 29.9 Å². The van der Waals surface area contributed by atoms with Gasteiger partial charge in [-0.15, -0.1) is 11.3 Å². The topological polar surface area (TPSA) is 49.4 Å². The number of rotatable bonds is 5. The van der Waals surface area contributed by atoms with Gasteiger partial charge in [0.25, 0.3) is 0 Å². The molecule has 2 amide bonds. The van der Waals surface area contributed by atoms with E-state index in [2.05, 4.69) is 16.8 Å². The molecule has 25 heavy (non-hydrogen) atoms. The zero-order valence-electron chi connectivity index (χ0n) is 14.7. The third-order valence-corrected chi connectivity index (χ3v) is 5.60. The van der Waals surface area contributed by atoms with Crippen molar-refractivity contribution in [2.45, 2.75) is 39.3 Å². The van der Waals surface area contributed by atoms with E-state index in [9.17, 15) is 9.59 Å². The lowest BCUT2D eigenvalue weighted by molar-refractivity contribution is -0.138. The van der Waals surface area contributed by atoms with Crippen LogP contribution in [0.15, 0.2) is 41.8 Å². The highest BCUT2D eigenvalue weighted by Gasteiger charge is 2.30. The predicted octanol–water partition coefficient (Wildman–Crippen LogP) is 3.02. The summed E-state index contributed by atoms with van der Waals surface area (Å²) in [7, 11) is 0. The Kier molecular flexibility index (Phi) is 5.53. The van der Waals surface area contributed by atoms with Gasteiger partial charge in [-0.05, 0) is 34.9 Å². The molecule has 1 N–H and O–H groups in total. The molecule has 5 heteroatoms. The Bertz CT molecular complexity index is 739. The Morgan fingerprint density at radius 1 is 1.20 bits per heavy atom. The summed E-state index contributed by atoms with van der Waals surface area (Å²) in [6, 6.07) is 11.2. The number of hydrogen-bond donors (Lipinski definition) is 1. The fraction of sp³-hybridized carbons (Fsp3) is 0.400. The average Bonchev–Trinajstić information content (AvgIpc) is 3.07. The van der Waals surface area contributed by atoms with Crippen molar-refractivity contribution in [3.05, 3.63) is 57.8 Å². The summed E-state index contributed by atoms with van der Waals surface area (Å²) in [6.45, 7) is 5.33. The van der Waals surface area contributed by atoms with Gasteiger partial charge in [0.05, 0.1) is 6.42 Å². The van der Waals surface area contributed by atoms with Crippen molar-refractivity contribution in [2.24, 2.45) is 5.92 Å². The second-order valence-corrected chi connectivity index (χ2v) is 7.83. The summed E-state index contributed by atoms with van der Waals surface area (Å²) in [5.74, 6) is -0.0316. The van der Waals surface area contributed by atoms with E-state index in [0.717, 1.165) is 18.5 Å². The molecule has 0 aliphatic carbocycles. The second-order valence-electron chi connectivity index (χ2n) is 6.83. The van der Waals surface area contributed by atoms with Crippen molar-refractivity contribution in [1.29, 1.82) is 0 Å². The number of fused-ring (bicyclic) bond motifs is 1. The van der Waals surface area contributed by atoms with Gasteiger partial charge < -0.3 is 10.2 Å². The zero-order chi connectivity index (χ0) is 17.8. The SMILES string of the molecule is CC(C)[C@H](NC(=O)Cc1ccccc1)C(=O)N1CCc2sccc2C1. The summed E-state index contributed by atoms with van der Waals surface area (Å²) in [5, 5.41) is 5.04. The number of carbonyl (C=O) groups is 2. The summed E-state index contributed by atoms with van der Waals surface area (Å²) < 4.78 is 0. The molecule has 0 saturated carbocycles. The maximum Gasteiger partial charge on any atom is 0.245 e. The molecule has 0 spiro atoms. The highest BCUT2D eigenvalue weighted by molar-refractivity contribution is 7.10. The van der Waals surface area contributed by atoms with Gasteiger partial charge in [-0.25, -0.2) is 0 Å². The van der Waals surface area contributed by atoms with Gasteiger partial charge in [0.15, 0.2) is 0 Å². The van der Waals surface area contributed by atoms with E-state index in [1.54, 1.807) is 11.3 Å². The monoisotopic (exact) mass is 356 g/mol. The lowest BCUT2D eigenvalue weighted by atomic mass is 10.0. The molecule has 2 aromatic rings. The van der Waals surface area contributed by atoms with E-state index >= 15 is 0 Å². The molecule has 0 radical (unpaired) electrons. The summed E-state index contributed by atoms with van der Waals surface area (Å²) >= 11 is 1.76. The maximum absolute atomic E-state index is 13.0. The fourth-order valence-corrected chi connectivity index (χ4v) is 4.04. The number of benzene rings is 1. The van der Waals surface area contributed by atoms with E-state index in [1.165, 1.54) is 10.4 Å². The summed E-state index contributed by atoms with van der Waals surface area (Å²) in [5.41, 5.74) is 2.19. The smallest absolute Gasteiger partial charge is 0.245 e. The lowest BCUT2D eigenvalue weighted by Crippen LogP contribution is -2.52. The van der Waals surface area contributed by atoms with Crippen molar-refractivity contribution in [1.82, 2.24) is 10.2 Å². The van der Waals surface area contributed by atoms with Crippen molar-refractivity contribution in [3.63, 3.8) is 0 Å². The predicted molar refractivity (Wildman–Crippen MR) is 100 cm³/mol. The minimum absolute atomic E-state index is 0.0215. The number of amides is 2. The van der Waals surface area contributed by atoms with E-state index in [-0.39, 0.29) is 17.7 Å². The van der Waals surface area contributed by atoms with Crippen molar-refractivity contribution >= 4 is 23.2 Å². The van der Waals surface area contributed by atoms with Gasteiger partial charge in [0.2, 0.25) is 11.8 Å². The van der Waals surface area contributed by atoms with Crippen molar-refractivity contribution in [2.75, 3.05) is 6.54 Å². The van der Waals surface area contributed by atoms with Crippen LogP contribution in [0.3, 0.4) is 0 Å². The third-order valence-electron chi connectivity index (χ3n) is 4.58. The first kappa shape index (κ1) is 17.7. The normalized spacial score (nSPS) is 14.9. The average molecular weight is 356 g/mol. The Morgan fingerprint density at radius 3 is 2.68 bits per heavy atom. The van der Waals surface area contributed by atoms with Gasteiger partial charge >= 0.3 is 0 Å². The number of thiophene rings is 1. The van der Waals surface area contributed by atoms with Crippen LogP contribution >= 0.6 is 11.3 Å². The van der Waals surface area contributed by atoms with Crippen LogP contribution in [0.4, 0.5) is 0 Å². The van der Waals surface area contributed by atoms with E-state index in [0.29, 0.717) is 13.0 Å². The minimum Gasteiger partial charge on any atom is -0.344 e. The Hall–Kier alpha value is -2.14. The largest absolute Gasteiger partial charge is 0.344 e. The molecular weight excluding hydrogens is 332 g/mol. The van der Waals surface area contributed by atoms with Crippen molar-refractivity contribution in [3.8, 4) is 0 Å². The van der Waals surface area contributed by atoms with Crippen LogP contribution < -0.4 is 5.32 Å². The molecule has 1 atom stereocenters. The Morgan fingerprint density at radius 2 is 1.96 bits per heavy atom. The number of nitrogens with one attached hydrogen (secondary N) is 1. The first-order valence-corrected chi connectivity index (χ1v) is 9.60. The molecule has 0 saturated heterocycles. The number of nitrogens with zero attached hydrogens (tertiary/aromatic N) is 1. The van der Waals surface area contributed by atoms with Crippen LogP contribution in [0.25, 0.3) is 0 Å². The lowest BCUT2D eigenvalue weighted by Gasteiger charge is -2.32. The number of hydrogen-bond acceptors (Lipinski definition) is 3. The van der Waals surface area contributed by atoms with Gasteiger partial charge in [0.1, 0.15) is 6.04 Å². The van der Waals surface area contributed by atoms with Crippen LogP contribution in [-0.4, -0.2) is 29.3 Å². The summed E-state index contributed by atoms with van der Waals surface area (Å²) in [6.07, 6.45) is 1.20. The molecule has 1 aromatic heterocycles. The standard InChI is InChI=1S/C20H24N2O2S/c1-14(2)19(21-18(23)12-15-6-4-3-5-7-15)20(24)22-10-8-17-16(13-22)9-11-25-17/h3-7,9,11,14,19H,8,10,12-13H2,1-2H3,(H,21,23)/t19-/m0/s1. The molecule has 4 nitrogen and oxygen atoms in total. The van der Waals surface area contributed by atoms with Crippen LogP contribution in [0, 0.1) is 5.92 Å². The van der Waals surface area contributed by atoms with Crippen LogP contribution in [0.5, 0.6) is 0 Å². The van der Waals surface area contributed by atoms with Gasteiger partial charge in [-0.2, -0.15) is 0 Å². The van der Waals surface area contributed by atoms with Gasteiger partial charge in [-0.3, -0.25) is 9.59 Å². The van der Waals surface area contributed by atoms with E-state index < -0.39 is 6.04 Å². The highest BCUT2D eigenvalue weighted by Crippen LogP contribution is 2.25. The zero-order valence-corrected chi connectivity index (χ0v) is 15.5. The maximum atomic E-state index is 13.0. The quantitative estimate of drug-likeness (QED) is 0.895. The Balaban J connectivity index is 1.64. The molecule has 1 aliphatic heterocycles. The second kappa shape index (κ2) is 7.83. The molecule has 0 unspecified atom stereocenters. The third kappa shape index (κ3) is 4.28. The molecule has 0 bridgehead atoms. The Labute approximate surface area is 152 Å². The van der Waals surface area contributed by atoms with E-state index in [4.69, 9.17) is 0 Å². The van der Waals surface area contributed by atoms with Crippen molar-refractivity contribution < 1.29 is 9.59 Å². The molecular formula is C20H24N2O2S. The van der Waals surface area contributed by atoms with E-state index in [1.807, 2.05) is 49.1 Å². The minimum atomic E-state index is -0.476. The first-order valence-electron chi connectivity index (χ1n) is 8.72. The van der Waals surface area contributed by atoms with Gasteiger partial charge in [0, 0.05) is 18.0 Å².